The Labute approximate surface area is 198 Å². The summed E-state index contributed by atoms with van der Waals surface area (Å²) >= 11 is 1.62. The Morgan fingerprint density at radius 2 is 1.97 bits per heavy atom. The van der Waals surface area contributed by atoms with E-state index in [0.29, 0.717) is 19.8 Å². The van der Waals surface area contributed by atoms with Gasteiger partial charge in [0.25, 0.3) is 0 Å². The van der Waals surface area contributed by atoms with Crippen molar-refractivity contribution < 1.29 is 9.47 Å². The molecule has 2 heterocycles. The Hall–Kier alpha value is -2.01. The summed E-state index contributed by atoms with van der Waals surface area (Å²) in [5.74, 6) is 2.29. The van der Waals surface area contributed by atoms with Crippen molar-refractivity contribution in [3.63, 3.8) is 0 Å². The number of ether oxygens (including phenoxy) is 2. The van der Waals surface area contributed by atoms with Gasteiger partial charge in [0.1, 0.15) is 0 Å². The van der Waals surface area contributed by atoms with Crippen LogP contribution in [0.25, 0.3) is 4.96 Å². The molecule has 0 aliphatic heterocycles. The molecule has 0 fully saturated rings. The Morgan fingerprint density at radius 1 is 1.20 bits per heavy atom. The largest absolute Gasteiger partial charge is 0.490 e. The monoisotopic (exact) mass is 543 g/mol. The van der Waals surface area contributed by atoms with Crippen LogP contribution in [0.1, 0.15) is 45.0 Å². The average molecular weight is 543 g/mol. The molecular formula is C21H30IN5O2S. The van der Waals surface area contributed by atoms with Crippen LogP contribution in [0.4, 0.5) is 0 Å². The topological polar surface area (TPSA) is 72.2 Å². The Balaban J connectivity index is 0.00000320. The molecule has 7 nitrogen and oxygen atoms in total. The van der Waals surface area contributed by atoms with E-state index in [1.165, 1.54) is 0 Å². The fourth-order valence-electron chi connectivity index (χ4n) is 2.96. The van der Waals surface area contributed by atoms with E-state index in [4.69, 9.17) is 14.5 Å². The zero-order chi connectivity index (χ0) is 20.6. The van der Waals surface area contributed by atoms with Gasteiger partial charge in [0.05, 0.1) is 31.5 Å². The Morgan fingerprint density at radius 3 is 2.67 bits per heavy atom. The maximum absolute atomic E-state index is 5.75. The van der Waals surface area contributed by atoms with Crippen LogP contribution in [-0.2, 0) is 6.54 Å². The van der Waals surface area contributed by atoms with Crippen molar-refractivity contribution in [2.75, 3.05) is 19.8 Å². The van der Waals surface area contributed by atoms with Crippen molar-refractivity contribution >= 4 is 46.2 Å². The summed E-state index contributed by atoms with van der Waals surface area (Å²) in [6.07, 6.45) is 4.02. The molecule has 0 amide bonds. The normalized spacial score (nSPS) is 12.3. The maximum atomic E-state index is 5.75. The predicted molar refractivity (Wildman–Crippen MR) is 134 cm³/mol. The van der Waals surface area contributed by atoms with Crippen molar-refractivity contribution in [1.29, 1.82) is 0 Å². The van der Waals surface area contributed by atoms with E-state index in [2.05, 4.69) is 35.5 Å². The van der Waals surface area contributed by atoms with Gasteiger partial charge in [0, 0.05) is 24.3 Å². The number of halogens is 1. The highest BCUT2D eigenvalue weighted by Gasteiger charge is 2.13. The third-order valence-electron chi connectivity index (χ3n) is 4.31. The lowest BCUT2D eigenvalue weighted by Gasteiger charge is -2.20. The number of rotatable bonds is 9. The van der Waals surface area contributed by atoms with Crippen molar-refractivity contribution in [3.8, 4) is 11.5 Å². The molecule has 30 heavy (non-hydrogen) atoms. The van der Waals surface area contributed by atoms with Crippen molar-refractivity contribution in [2.24, 2.45) is 4.99 Å². The summed E-state index contributed by atoms with van der Waals surface area (Å²) in [5.41, 5.74) is 2.05. The van der Waals surface area contributed by atoms with Crippen LogP contribution in [0.15, 0.2) is 41.0 Å². The first-order valence-corrected chi connectivity index (χ1v) is 10.9. The van der Waals surface area contributed by atoms with Crippen LogP contribution in [0.5, 0.6) is 11.5 Å². The molecule has 0 saturated carbocycles. The molecule has 0 bridgehead atoms. The van der Waals surface area contributed by atoms with Gasteiger partial charge in [-0.05, 0) is 45.4 Å². The summed E-state index contributed by atoms with van der Waals surface area (Å²) in [6, 6.07) is 6.09. The van der Waals surface area contributed by atoms with E-state index < -0.39 is 0 Å². The lowest BCUT2D eigenvalue weighted by molar-refractivity contribution is 0.287. The van der Waals surface area contributed by atoms with E-state index in [1.807, 2.05) is 48.2 Å². The smallest absolute Gasteiger partial charge is 0.193 e. The number of thiazole rings is 1. The highest BCUT2D eigenvalue weighted by atomic mass is 127. The predicted octanol–water partition coefficient (Wildman–Crippen LogP) is 4.63. The van der Waals surface area contributed by atoms with Crippen LogP contribution in [-0.4, -0.2) is 35.1 Å². The first-order valence-electron chi connectivity index (χ1n) is 10.00. The van der Waals surface area contributed by atoms with Gasteiger partial charge in [-0.1, -0.05) is 6.07 Å². The van der Waals surface area contributed by atoms with Crippen molar-refractivity contribution in [1.82, 2.24) is 20.0 Å². The zero-order valence-electron chi connectivity index (χ0n) is 17.8. The van der Waals surface area contributed by atoms with Gasteiger partial charge < -0.3 is 20.1 Å². The number of nitrogens with one attached hydrogen (secondary N) is 2. The van der Waals surface area contributed by atoms with Crippen LogP contribution in [0.3, 0.4) is 0 Å². The van der Waals surface area contributed by atoms with Crippen LogP contribution in [0.2, 0.25) is 0 Å². The quantitative estimate of drug-likeness (QED) is 0.234. The van der Waals surface area contributed by atoms with Gasteiger partial charge in [0.2, 0.25) is 0 Å². The molecule has 164 valence electrons. The second kappa shape index (κ2) is 12.0. The molecule has 0 saturated heterocycles. The standard InChI is InChI=1S/C21H29N5O2S.HI/c1-5-22-20(23-13-17-14-26-10-11-29-21(26)25-17)24-15(4)16-8-9-18(27-6-2)19(12-16)28-7-3;/h8-12,14-15H,5-7,13H2,1-4H3,(H2,22,23,24);1H. The number of hydrogen-bond donors (Lipinski definition) is 2. The molecule has 3 rings (SSSR count). The summed E-state index contributed by atoms with van der Waals surface area (Å²) in [5, 5.41) is 8.79. The van der Waals surface area contributed by atoms with E-state index >= 15 is 0 Å². The van der Waals surface area contributed by atoms with Gasteiger partial charge in [-0.3, -0.25) is 4.40 Å². The number of aromatic nitrogens is 2. The number of imidazole rings is 1. The molecule has 0 aliphatic rings. The average Bonchev–Trinajstić information content (AvgIpc) is 3.30. The molecule has 2 N–H and O–H groups in total. The summed E-state index contributed by atoms with van der Waals surface area (Å²) < 4.78 is 13.4. The van der Waals surface area contributed by atoms with E-state index in [9.17, 15) is 0 Å². The van der Waals surface area contributed by atoms with Gasteiger partial charge in [-0.15, -0.1) is 35.3 Å². The van der Waals surface area contributed by atoms with E-state index in [0.717, 1.165) is 40.2 Å². The fourth-order valence-corrected chi connectivity index (χ4v) is 3.68. The summed E-state index contributed by atoms with van der Waals surface area (Å²) in [6.45, 7) is 10.6. The first kappa shape index (κ1) is 24.3. The molecule has 2 aromatic heterocycles. The summed E-state index contributed by atoms with van der Waals surface area (Å²) in [7, 11) is 0. The molecular weight excluding hydrogens is 513 g/mol. The lowest BCUT2D eigenvalue weighted by atomic mass is 10.1. The molecule has 1 aromatic carbocycles. The van der Waals surface area contributed by atoms with Crippen LogP contribution in [0, 0.1) is 0 Å². The first-order chi connectivity index (χ1) is 14.1. The Kier molecular flexibility index (Phi) is 9.70. The van der Waals surface area contributed by atoms with Crippen molar-refractivity contribution in [3.05, 3.63) is 47.2 Å². The number of guanidine groups is 1. The highest BCUT2D eigenvalue weighted by molar-refractivity contribution is 14.0. The van der Waals surface area contributed by atoms with Gasteiger partial charge >= 0.3 is 0 Å². The molecule has 3 aromatic rings. The highest BCUT2D eigenvalue weighted by Crippen LogP contribution is 2.30. The third-order valence-corrected chi connectivity index (χ3v) is 5.08. The van der Waals surface area contributed by atoms with Gasteiger partial charge in [0.15, 0.2) is 22.4 Å². The molecule has 1 atom stereocenters. The van der Waals surface area contributed by atoms with Crippen molar-refractivity contribution in [2.45, 2.75) is 40.3 Å². The molecule has 1 unspecified atom stereocenters. The van der Waals surface area contributed by atoms with E-state index in [-0.39, 0.29) is 30.0 Å². The minimum atomic E-state index is 0. The number of benzene rings is 1. The lowest BCUT2D eigenvalue weighted by Crippen LogP contribution is -2.38. The Bertz CT molecular complexity index is 927. The number of fused-ring (bicyclic) bond motifs is 1. The summed E-state index contributed by atoms with van der Waals surface area (Å²) in [4.78, 5) is 10.3. The molecule has 0 spiro atoms. The maximum Gasteiger partial charge on any atom is 0.193 e. The molecule has 0 radical (unpaired) electrons. The van der Waals surface area contributed by atoms with E-state index in [1.54, 1.807) is 11.3 Å². The number of aliphatic imine (C=N–C) groups is 1. The SMILES string of the molecule is CCNC(=NCc1cn2ccsc2n1)NC(C)c1ccc(OCC)c(OCC)c1.I. The second-order valence-electron chi connectivity index (χ2n) is 6.46. The van der Waals surface area contributed by atoms with Gasteiger partial charge in [-0.2, -0.15) is 0 Å². The third kappa shape index (κ3) is 6.24. The fraction of sp³-hybridized carbons (Fsp3) is 0.429. The number of hydrogen-bond acceptors (Lipinski definition) is 5. The molecule has 9 heteroatoms. The van der Waals surface area contributed by atoms with Crippen LogP contribution >= 0.6 is 35.3 Å². The minimum Gasteiger partial charge on any atom is -0.490 e. The number of nitrogens with zero attached hydrogens (tertiary/aromatic N) is 3. The second-order valence-corrected chi connectivity index (χ2v) is 7.33. The zero-order valence-corrected chi connectivity index (χ0v) is 21.0. The molecule has 0 aliphatic carbocycles. The van der Waals surface area contributed by atoms with Gasteiger partial charge in [-0.25, -0.2) is 9.98 Å². The minimum absolute atomic E-state index is 0. The van der Waals surface area contributed by atoms with Crippen LogP contribution < -0.4 is 20.1 Å².